The second-order valence-corrected chi connectivity index (χ2v) is 9.13. The number of nitrogens with zero attached hydrogens (tertiary/aromatic N) is 2. The van der Waals surface area contributed by atoms with Gasteiger partial charge in [0, 0.05) is 44.7 Å². The van der Waals surface area contributed by atoms with Gasteiger partial charge in [0.15, 0.2) is 0 Å². The van der Waals surface area contributed by atoms with Crippen LogP contribution in [0, 0.1) is 5.92 Å². The average Bonchev–Trinajstić information content (AvgIpc) is 2.85. The summed E-state index contributed by atoms with van der Waals surface area (Å²) in [6, 6.07) is 3.84. The monoisotopic (exact) mass is 490 g/mol. The summed E-state index contributed by atoms with van der Waals surface area (Å²) in [5.41, 5.74) is 1.58. The number of benzene rings is 1. The number of carbonyl (C=O) groups is 2. The lowest BCUT2D eigenvalue weighted by Crippen LogP contribution is -2.43. The Balaban J connectivity index is 1.64. The molecule has 1 atom stereocenters. The number of carbonyl (C=O) groups excluding carboxylic acids is 2. The molecule has 1 unspecified atom stereocenters. The third-order valence-corrected chi connectivity index (χ3v) is 6.32. The van der Waals surface area contributed by atoms with E-state index in [1.807, 2.05) is 32.9 Å². The number of hydrogen-bond acceptors (Lipinski definition) is 7. The second kappa shape index (κ2) is 14.1. The molecular formula is C26H42N4O5. The Morgan fingerprint density at radius 2 is 1.77 bits per heavy atom. The van der Waals surface area contributed by atoms with Gasteiger partial charge in [-0.1, -0.05) is 6.92 Å². The number of morpholine rings is 1. The molecule has 0 aliphatic carbocycles. The number of nitrogens with one attached hydrogen (secondary N) is 2. The van der Waals surface area contributed by atoms with Gasteiger partial charge >= 0.3 is 0 Å². The van der Waals surface area contributed by atoms with Crippen LogP contribution in [0.4, 0.5) is 11.4 Å². The molecule has 1 aromatic rings. The fourth-order valence-electron chi connectivity index (χ4n) is 4.67. The highest BCUT2D eigenvalue weighted by Gasteiger charge is 2.24. The molecule has 0 aromatic heterocycles. The Labute approximate surface area is 209 Å². The first-order valence-corrected chi connectivity index (χ1v) is 13.1. The zero-order chi connectivity index (χ0) is 25.0. The highest BCUT2D eigenvalue weighted by molar-refractivity contribution is 5.94. The molecule has 0 bridgehead atoms. The van der Waals surface area contributed by atoms with Crippen molar-refractivity contribution in [1.29, 1.82) is 0 Å². The van der Waals surface area contributed by atoms with Crippen molar-refractivity contribution in [2.45, 2.75) is 46.5 Å². The van der Waals surface area contributed by atoms with Gasteiger partial charge in [-0.15, -0.1) is 0 Å². The van der Waals surface area contributed by atoms with Gasteiger partial charge in [0.05, 0.1) is 44.3 Å². The van der Waals surface area contributed by atoms with Gasteiger partial charge in [0.25, 0.3) is 0 Å². The van der Waals surface area contributed by atoms with E-state index in [1.165, 1.54) is 0 Å². The van der Waals surface area contributed by atoms with E-state index in [1.54, 1.807) is 0 Å². The van der Waals surface area contributed by atoms with Crippen LogP contribution in [-0.4, -0.2) is 82.4 Å². The minimum atomic E-state index is -0.0804. The SMILES string of the molecule is CCCC(=O)NCC1CCCN(CC(=O)Nc2cc(OCC)c(N3CCOCC3)cc2OCC)C1. The first-order chi connectivity index (χ1) is 17.0. The lowest BCUT2D eigenvalue weighted by Gasteiger charge is -2.32. The lowest BCUT2D eigenvalue weighted by atomic mass is 9.98. The predicted octanol–water partition coefficient (Wildman–Crippen LogP) is 2.89. The van der Waals surface area contributed by atoms with Crippen molar-refractivity contribution in [3.8, 4) is 11.5 Å². The zero-order valence-electron chi connectivity index (χ0n) is 21.6. The van der Waals surface area contributed by atoms with Crippen LogP contribution in [0.25, 0.3) is 0 Å². The summed E-state index contributed by atoms with van der Waals surface area (Å²) in [6.07, 6.45) is 3.51. The lowest BCUT2D eigenvalue weighted by molar-refractivity contribution is -0.121. The molecule has 1 aromatic carbocycles. The maximum absolute atomic E-state index is 13.0. The van der Waals surface area contributed by atoms with E-state index in [4.69, 9.17) is 14.2 Å². The molecule has 2 aliphatic rings. The molecular weight excluding hydrogens is 448 g/mol. The molecule has 2 amide bonds. The van der Waals surface area contributed by atoms with Crippen LogP contribution in [0.1, 0.15) is 46.5 Å². The van der Waals surface area contributed by atoms with Crippen LogP contribution in [0.2, 0.25) is 0 Å². The van der Waals surface area contributed by atoms with Crippen molar-refractivity contribution in [2.24, 2.45) is 5.92 Å². The van der Waals surface area contributed by atoms with Gasteiger partial charge in [-0.25, -0.2) is 0 Å². The highest BCUT2D eigenvalue weighted by Crippen LogP contribution is 2.39. The van der Waals surface area contributed by atoms with Crippen LogP contribution < -0.4 is 25.0 Å². The number of hydrogen-bond donors (Lipinski definition) is 2. The van der Waals surface area contributed by atoms with Gasteiger partial charge in [0.2, 0.25) is 11.8 Å². The van der Waals surface area contributed by atoms with Crippen LogP contribution in [0.3, 0.4) is 0 Å². The molecule has 196 valence electrons. The summed E-state index contributed by atoms with van der Waals surface area (Å²) in [7, 11) is 0. The summed E-state index contributed by atoms with van der Waals surface area (Å²) in [6.45, 7) is 12.5. The van der Waals surface area contributed by atoms with Crippen molar-refractivity contribution in [3.05, 3.63) is 12.1 Å². The van der Waals surface area contributed by atoms with Crippen molar-refractivity contribution in [3.63, 3.8) is 0 Å². The van der Waals surface area contributed by atoms with Crippen LogP contribution in [0.15, 0.2) is 12.1 Å². The third kappa shape index (κ3) is 8.28. The fourth-order valence-corrected chi connectivity index (χ4v) is 4.67. The first kappa shape index (κ1) is 27.1. The predicted molar refractivity (Wildman–Crippen MR) is 138 cm³/mol. The van der Waals surface area contributed by atoms with Crippen LogP contribution >= 0.6 is 0 Å². The number of ether oxygens (including phenoxy) is 3. The molecule has 0 radical (unpaired) electrons. The minimum absolute atomic E-state index is 0.0804. The molecule has 9 nitrogen and oxygen atoms in total. The zero-order valence-corrected chi connectivity index (χ0v) is 21.6. The molecule has 2 heterocycles. The van der Waals surface area contributed by atoms with E-state index in [2.05, 4.69) is 20.4 Å². The summed E-state index contributed by atoms with van der Waals surface area (Å²) in [5, 5.41) is 6.09. The largest absolute Gasteiger partial charge is 0.492 e. The maximum atomic E-state index is 13.0. The smallest absolute Gasteiger partial charge is 0.238 e. The molecule has 2 saturated heterocycles. The molecule has 35 heavy (non-hydrogen) atoms. The van der Waals surface area contributed by atoms with E-state index in [-0.39, 0.29) is 11.8 Å². The van der Waals surface area contributed by atoms with Crippen molar-refractivity contribution in [1.82, 2.24) is 10.2 Å². The van der Waals surface area contributed by atoms with E-state index in [0.29, 0.717) is 63.3 Å². The second-order valence-electron chi connectivity index (χ2n) is 9.13. The molecule has 0 saturated carbocycles. The summed E-state index contributed by atoms with van der Waals surface area (Å²) >= 11 is 0. The fraction of sp³-hybridized carbons (Fsp3) is 0.692. The average molecular weight is 491 g/mol. The van der Waals surface area contributed by atoms with Crippen molar-refractivity contribution >= 4 is 23.2 Å². The van der Waals surface area contributed by atoms with E-state index >= 15 is 0 Å². The normalized spacial score (nSPS) is 18.7. The van der Waals surface area contributed by atoms with Gasteiger partial charge in [-0.2, -0.15) is 0 Å². The number of piperidine rings is 1. The molecule has 2 aliphatic heterocycles. The Morgan fingerprint density at radius 3 is 2.49 bits per heavy atom. The molecule has 3 rings (SSSR count). The highest BCUT2D eigenvalue weighted by atomic mass is 16.5. The molecule has 2 fully saturated rings. The maximum Gasteiger partial charge on any atom is 0.238 e. The molecule has 0 spiro atoms. The Hall–Kier alpha value is -2.52. The van der Waals surface area contributed by atoms with Crippen molar-refractivity contribution in [2.75, 3.05) is 75.9 Å². The summed E-state index contributed by atoms with van der Waals surface area (Å²) in [5.74, 6) is 1.77. The minimum Gasteiger partial charge on any atom is -0.492 e. The van der Waals surface area contributed by atoms with E-state index in [9.17, 15) is 9.59 Å². The van der Waals surface area contributed by atoms with Crippen LogP contribution in [0.5, 0.6) is 11.5 Å². The summed E-state index contributed by atoms with van der Waals surface area (Å²) < 4.78 is 17.3. The van der Waals surface area contributed by atoms with Crippen molar-refractivity contribution < 1.29 is 23.8 Å². The number of rotatable bonds is 12. The third-order valence-electron chi connectivity index (χ3n) is 6.32. The quantitative estimate of drug-likeness (QED) is 0.465. The number of amides is 2. The van der Waals surface area contributed by atoms with E-state index in [0.717, 1.165) is 56.9 Å². The Morgan fingerprint density at radius 1 is 1.03 bits per heavy atom. The Bertz CT molecular complexity index is 828. The van der Waals surface area contributed by atoms with Gasteiger partial charge in [0.1, 0.15) is 11.5 Å². The summed E-state index contributed by atoms with van der Waals surface area (Å²) in [4.78, 5) is 29.2. The van der Waals surface area contributed by atoms with E-state index < -0.39 is 0 Å². The van der Waals surface area contributed by atoms with Gasteiger partial charge < -0.3 is 29.7 Å². The molecule has 2 N–H and O–H groups in total. The number of likely N-dealkylation sites (tertiary alicyclic amines) is 1. The van der Waals surface area contributed by atoms with Gasteiger partial charge in [-0.3, -0.25) is 14.5 Å². The standard InChI is InChI=1S/C26H42N4O5/c1-4-8-25(31)27-17-20-9-7-10-29(18-20)19-26(32)28-21-15-24(35-6-3)22(16-23(21)34-5-2)30-11-13-33-14-12-30/h15-16,20H,4-14,17-19H2,1-3H3,(H,27,31)(H,28,32). The molecule has 9 heteroatoms. The first-order valence-electron chi connectivity index (χ1n) is 13.1. The Kier molecular flexibility index (Phi) is 10.9. The van der Waals surface area contributed by atoms with Gasteiger partial charge in [-0.05, 0) is 45.6 Å². The number of anilines is 2. The van der Waals surface area contributed by atoms with Crippen LogP contribution in [-0.2, 0) is 14.3 Å². The topological polar surface area (TPSA) is 92.4 Å².